The number of aromatic nitrogens is 4. The van der Waals surface area contributed by atoms with Gasteiger partial charge < -0.3 is 5.32 Å². The summed E-state index contributed by atoms with van der Waals surface area (Å²) in [6.45, 7) is 8.52. The molecule has 1 N–H and O–H groups in total. The molecule has 7 nitrogen and oxygen atoms in total. The van der Waals surface area contributed by atoms with Crippen molar-refractivity contribution in [1.82, 2.24) is 24.9 Å². The van der Waals surface area contributed by atoms with Gasteiger partial charge in [-0.25, -0.2) is 4.68 Å². The molecule has 0 fully saturated rings. The highest BCUT2D eigenvalue weighted by Crippen LogP contribution is 2.21. The van der Waals surface area contributed by atoms with Crippen LogP contribution in [-0.4, -0.2) is 25.5 Å². The third-order valence-electron chi connectivity index (χ3n) is 5.46. The lowest BCUT2D eigenvalue weighted by atomic mass is 10.1. The highest BCUT2D eigenvalue weighted by Gasteiger charge is 2.18. The van der Waals surface area contributed by atoms with E-state index in [0.717, 1.165) is 33.9 Å². The summed E-state index contributed by atoms with van der Waals surface area (Å²) in [5.41, 5.74) is 6.06. The summed E-state index contributed by atoms with van der Waals surface area (Å²) < 4.78 is 3.75. The summed E-state index contributed by atoms with van der Waals surface area (Å²) in [4.78, 5) is 12.6. The number of hydrogen-bond donors (Lipinski definition) is 1. The molecule has 0 saturated carbocycles. The molecule has 7 heteroatoms. The van der Waals surface area contributed by atoms with Gasteiger partial charge in [0.15, 0.2) is 0 Å². The van der Waals surface area contributed by atoms with Gasteiger partial charge in [-0.05, 0) is 51.8 Å². The van der Waals surface area contributed by atoms with Crippen molar-refractivity contribution in [3.8, 4) is 11.8 Å². The lowest BCUT2D eigenvalue weighted by Gasteiger charge is -2.14. The summed E-state index contributed by atoms with van der Waals surface area (Å²) in [6, 6.07) is 12.0. The number of carbonyl (C=O) groups is 1. The summed E-state index contributed by atoms with van der Waals surface area (Å²) >= 11 is 0. The Labute approximate surface area is 177 Å². The largest absolute Gasteiger partial charge is 0.349 e. The number of aryl methyl sites for hydroxylation is 2. The van der Waals surface area contributed by atoms with E-state index in [1.165, 1.54) is 0 Å². The maximum atomic E-state index is 12.6. The second kappa shape index (κ2) is 9.40. The molecular formula is C23H28N6O. The number of nitriles is 1. The van der Waals surface area contributed by atoms with Crippen LogP contribution in [0.3, 0.4) is 0 Å². The number of nitrogens with zero attached hydrogens (tertiary/aromatic N) is 5. The number of amides is 1. The zero-order chi connectivity index (χ0) is 21.7. The van der Waals surface area contributed by atoms with Gasteiger partial charge in [-0.2, -0.15) is 15.5 Å². The lowest BCUT2D eigenvalue weighted by Crippen LogP contribution is -2.27. The first-order chi connectivity index (χ1) is 14.4. The molecule has 3 rings (SSSR count). The van der Waals surface area contributed by atoms with Gasteiger partial charge in [-0.15, -0.1) is 0 Å². The summed E-state index contributed by atoms with van der Waals surface area (Å²) in [5, 5.41) is 20.9. The van der Waals surface area contributed by atoms with Crippen molar-refractivity contribution in [2.75, 3.05) is 0 Å². The Morgan fingerprint density at radius 3 is 2.63 bits per heavy atom. The smallest absolute Gasteiger partial charge is 0.220 e. The van der Waals surface area contributed by atoms with Crippen molar-refractivity contribution >= 4 is 5.91 Å². The first-order valence-corrected chi connectivity index (χ1v) is 10.2. The van der Waals surface area contributed by atoms with Crippen LogP contribution in [0.1, 0.15) is 54.0 Å². The van der Waals surface area contributed by atoms with Gasteiger partial charge in [0.25, 0.3) is 0 Å². The molecule has 0 bridgehead atoms. The Kier molecular flexibility index (Phi) is 6.68. The number of benzene rings is 1. The van der Waals surface area contributed by atoms with E-state index in [0.29, 0.717) is 25.8 Å². The molecule has 30 heavy (non-hydrogen) atoms. The predicted molar refractivity (Wildman–Crippen MR) is 115 cm³/mol. The average molecular weight is 405 g/mol. The molecule has 156 valence electrons. The normalized spacial score (nSPS) is 11.8. The van der Waals surface area contributed by atoms with Gasteiger partial charge >= 0.3 is 0 Å². The summed E-state index contributed by atoms with van der Waals surface area (Å²) in [5.74, 6) is -0.00191. The Hall–Kier alpha value is -3.40. The number of hydrogen-bond acceptors (Lipinski definition) is 4. The minimum Gasteiger partial charge on any atom is -0.349 e. The van der Waals surface area contributed by atoms with Gasteiger partial charge in [0.2, 0.25) is 5.91 Å². The molecule has 0 aliphatic rings. The fourth-order valence-corrected chi connectivity index (χ4v) is 3.78. The fourth-order valence-electron chi connectivity index (χ4n) is 3.78. The Morgan fingerprint density at radius 1 is 1.20 bits per heavy atom. The van der Waals surface area contributed by atoms with Gasteiger partial charge in [0.1, 0.15) is 0 Å². The van der Waals surface area contributed by atoms with E-state index in [4.69, 9.17) is 5.26 Å². The second-order valence-electron chi connectivity index (χ2n) is 7.50. The zero-order valence-electron chi connectivity index (χ0n) is 18.0. The lowest BCUT2D eigenvalue weighted by molar-refractivity contribution is -0.121. The van der Waals surface area contributed by atoms with Crippen LogP contribution in [-0.2, 0) is 17.8 Å². The van der Waals surface area contributed by atoms with Crippen LogP contribution >= 0.6 is 0 Å². The van der Waals surface area contributed by atoms with Crippen LogP contribution in [0.25, 0.3) is 5.69 Å². The third-order valence-corrected chi connectivity index (χ3v) is 5.46. The van der Waals surface area contributed by atoms with Crippen LogP contribution in [0.2, 0.25) is 0 Å². The number of nitrogens with one attached hydrogen (secondary N) is 1. The quantitative estimate of drug-likeness (QED) is 0.620. The average Bonchev–Trinajstić information content (AvgIpc) is 3.24. The molecular weight excluding hydrogens is 376 g/mol. The molecule has 0 aliphatic carbocycles. The van der Waals surface area contributed by atoms with Crippen molar-refractivity contribution in [2.24, 2.45) is 0 Å². The maximum absolute atomic E-state index is 12.6. The molecule has 3 aromatic rings. The minimum atomic E-state index is -0.129. The van der Waals surface area contributed by atoms with E-state index in [2.05, 4.69) is 21.6 Å². The van der Waals surface area contributed by atoms with Crippen LogP contribution in [0.15, 0.2) is 36.5 Å². The van der Waals surface area contributed by atoms with Gasteiger partial charge in [0.05, 0.1) is 42.7 Å². The van der Waals surface area contributed by atoms with Gasteiger partial charge in [-0.1, -0.05) is 18.2 Å². The first-order valence-electron chi connectivity index (χ1n) is 10.2. The monoisotopic (exact) mass is 404 g/mol. The van der Waals surface area contributed by atoms with Crippen LogP contribution in [0.4, 0.5) is 0 Å². The van der Waals surface area contributed by atoms with E-state index in [1.807, 2.05) is 73.6 Å². The first kappa shape index (κ1) is 21.3. The molecule has 0 aliphatic heterocycles. The summed E-state index contributed by atoms with van der Waals surface area (Å²) in [6.07, 6.45) is 3.27. The molecule has 1 atom stereocenters. The Balaban J connectivity index is 1.62. The molecule has 0 radical (unpaired) electrons. The van der Waals surface area contributed by atoms with Crippen molar-refractivity contribution in [1.29, 1.82) is 5.26 Å². The number of para-hydroxylation sites is 1. The van der Waals surface area contributed by atoms with Gasteiger partial charge in [0, 0.05) is 23.4 Å². The minimum absolute atomic E-state index is 0.00191. The summed E-state index contributed by atoms with van der Waals surface area (Å²) in [7, 11) is 0. The topological polar surface area (TPSA) is 88.5 Å². The van der Waals surface area contributed by atoms with E-state index >= 15 is 0 Å². The SMILES string of the molecule is Cc1nn(CCC#N)c(C)c1CCC(=O)NC(C)c1cnn(-c2ccccc2)c1C. The standard InChI is InChI=1S/C23H28N6O/c1-16(22-15-25-29(19(22)4)20-9-6-5-7-10-20)26-23(30)12-11-21-17(2)27-28(18(21)3)14-8-13-24/h5-7,9-10,15-16H,8,11-12,14H2,1-4H3,(H,26,30). The highest BCUT2D eigenvalue weighted by atomic mass is 16.1. The van der Waals surface area contributed by atoms with E-state index < -0.39 is 0 Å². The number of rotatable bonds is 8. The van der Waals surface area contributed by atoms with E-state index in [1.54, 1.807) is 0 Å². The number of carbonyl (C=O) groups excluding carboxylic acids is 1. The second-order valence-corrected chi connectivity index (χ2v) is 7.50. The Morgan fingerprint density at radius 2 is 1.93 bits per heavy atom. The Bertz CT molecular complexity index is 1060. The molecule has 0 saturated heterocycles. The molecule has 2 heterocycles. The van der Waals surface area contributed by atoms with Gasteiger partial charge in [-0.3, -0.25) is 9.48 Å². The molecule has 1 aromatic carbocycles. The van der Waals surface area contributed by atoms with E-state index in [-0.39, 0.29) is 11.9 Å². The highest BCUT2D eigenvalue weighted by molar-refractivity contribution is 5.76. The predicted octanol–water partition coefficient (Wildman–Crippen LogP) is 3.72. The third kappa shape index (κ3) is 4.60. The van der Waals surface area contributed by atoms with Crippen molar-refractivity contribution in [2.45, 2.75) is 59.5 Å². The van der Waals surface area contributed by atoms with E-state index in [9.17, 15) is 4.79 Å². The van der Waals surface area contributed by atoms with Crippen molar-refractivity contribution in [3.63, 3.8) is 0 Å². The van der Waals surface area contributed by atoms with Crippen LogP contribution in [0, 0.1) is 32.1 Å². The zero-order valence-corrected chi connectivity index (χ0v) is 18.0. The van der Waals surface area contributed by atoms with Crippen molar-refractivity contribution < 1.29 is 4.79 Å². The van der Waals surface area contributed by atoms with Crippen molar-refractivity contribution in [3.05, 3.63) is 64.7 Å². The van der Waals surface area contributed by atoms with Crippen LogP contribution < -0.4 is 5.32 Å². The molecule has 1 amide bonds. The maximum Gasteiger partial charge on any atom is 0.220 e. The molecule has 1 unspecified atom stereocenters. The molecule has 2 aromatic heterocycles. The molecule has 0 spiro atoms. The van der Waals surface area contributed by atoms with Crippen LogP contribution in [0.5, 0.6) is 0 Å². The fraction of sp³-hybridized carbons (Fsp3) is 0.391.